The van der Waals surface area contributed by atoms with E-state index in [4.69, 9.17) is 4.74 Å². The summed E-state index contributed by atoms with van der Waals surface area (Å²) in [6.07, 6.45) is 2.72. The second-order valence-electron chi connectivity index (χ2n) is 5.77. The summed E-state index contributed by atoms with van der Waals surface area (Å²) >= 11 is 0. The van der Waals surface area contributed by atoms with Gasteiger partial charge >= 0.3 is 5.69 Å². The van der Waals surface area contributed by atoms with Gasteiger partial charge in [-0.05, 0) is 31.0 Å². The van der Waals surface area contributed by atoms with Crippen molar-refractivity contribution in [2.24, 2.45) is 14.1 Å². The summed E-state index contributed by atoms with van der Waals surface area (Å²) in [4.78, 5) is 12.1. The Kier molecular flexibility index (Phi) is 6.20. The van der Waals surface area contributed by atoms with Crippen LogP contribution in [0.3, 0.4) is 0 Å². The predicted octanol–water partition coefficient (Wildman–Crippen LogP) is 1.36. The van der Waals surface area contributed by atoms with E-state index in [0.29, 0.717) is 37.2 Å². The lowest BCUT2D eigenvalue weighted by Gasteiger charge is -2.08. The van der Waals surface area contributed by atoms with Gasteiger partial charge in [0, 0.05) is 33.9 Å². The molecule has 0 saturated carbocycles. The largest absolute Gasteiger partial charge is 0.381 e. The van der Waals surface area contributed by atoms with Crippen molar-refractivity contribution < 1.29 is 13.2 Å². The van der Waals surface area contributed by atoms with E-state index in [0.717, 1.165) is 12.8 Å². The van der Waals surface area contributed by atoms with Crippen molar-refractivity contribution in [3.63, 3.8) is 0 Å². The van der Waals surface area contributed by atoms with E-state index >= 15 is 0 Å². The van der Waals surface area contributed by atoms with E-state index in [1.54, 1.807) is 20.2 Å². The number of hydrogen-bond acceptors (Lipinski definition) is 4. The maximum atomic E-state index is 12.4. The summed E-state index contributed by atoms with van der Waals surface area (Å²) in [5.41, 5.74) is 1.11. The smallest absolute Gasteiger partial charge is 0.328 e. The van der Waals surface area contributed by atoms with Crippen molar-refractivity contribution in [2.75, 3.05) is 19.8 Å². The topological polar surface area (TPSA) is 82.3 Å². The van der Waals surface area contributed by atoms with Crippen molar-refractivity contribution in [1.82, 2.24) is 13.9 Å². The van der Waals surface area contributed by atoms with Crippen LogP contribution >= 0.6 is 0 Å². The molecule has 0 bridgehead atoms. The second-order valence-corrected chi connectivity index (χ2v) is 7.54. The minimum atomic E-state index is -3.60. The van der Waals surface area contributed by atoms with Gasteiger partial charge in [0.25, 0.3) is 0 Å². The lowest BCUT2D eigenvalue weighted by Crippen LogP contribution is -2.25. The number of hydrogen-bond donors (Lipinski definition) is 1. The van der Waals surface area contributed by atoms with Crippen LogP contribution in [-0.2, 0) is 28.9 Å². The van der Waals surface area contributed by atoms with Gasteiger partial charge in [-0.1, -0.05) is 13.3 Å². The highest BCUT2D eigenvalue weighted by molar-refractivity contribution is 7.89. The molecule has 1 heterocycles. The molecule has 0 aliphatic heterocycles. The summed E-state index contributed by atoms with van der Waals surface area (Å²) in [5, 5.41) is 0. The Morgan fingerprint density at radius 3 is 2.46 bits per heavy atom. The Balaban J connectivity index is 2.03. The number of nitrogens with one attached hydrogen (secondary N) is 1. The van der Waals surface area contributed by atoms with Crippen LogP contribution in [0, 0.1) is 0 Å². The minimum absolute atomic E-state index is 0.156. The fourth-order valence-corrected chi connectivity index (χ4v) is 3.56. The summed E-state index contributed by atoms with van der Waals surface area (Å²) in [5.74, 6) is 0. The zero-order chi connectivity index (χ0) is 17.7. The third kappa shape index (κ3) is 4.06. The molecule has 0 spiro atoms. The van der Waals surface area contributed by atoms with Crippen LogP contribution in [0.2, 0.25) is 0 Å². The van der Waals surface area contributed by atoms with Crippen LogP contribution in [0.25, 0.3) is 11.0 Å². The molecule has 8 heteroatoms. The lowest BCUT2D eigenvalue weighted by atomic mass is 10.3. The molecular formula is C16H25N3O4S. The summed E-state index contributed by atoms with van der Waals surface area (Å²) in [6, 6.07) is 4.69. The zero-order valence-electron chi connectivity index (χ0n) is 14.4. The fraction of sp³-hybridized carbons (Fsp3) is 0.562. The van der Waals surface area contributed by atoms with E-state index in [-0.39, 0.29) is 10.6 Å². The number of fused-ring (bicyclic) bond motifs is 1. The number of ether oxygens (including phenoxy) is 1. The third-order valence-corrected chi connectivity index (χ3v) is 5.41. The van der Waals surface area contributed by atoms with Crippen LogP contribution in [0.15, 0.2) is 27.9 Å². The highest BCUT2D eigenvalue weighted by atomic mass is 32.2. The highest BCUT2D eigenvalue weighted by Crippen LogP contribution is 2.17. The molecule has 1 N–H and O–H groups in total. The van der Waals surface area contributed by atoms with Crippen molar-refractivity contribution in [2.45, 2.75) is 31.1 Å². The van der Waals surface area contributed by atoms with E-state index in [1.807, 2.05) is 0 Å². The van der Waals surface area contributed by atoms with Gasteiger partial charge in [0.15, 0.2) is 0 Å². The van der Waals surface area contributed by atoms with Crippen LogP contribution in [0.4, 0.5) is 0 Å². The highest BCUT2D eigenvalue weighted by Gasteiger charge is 2.16. The molecule has 1 aromatic carbocycles. The molecule has 24 heavy (non-hydrogen) atoms. The van der Waals surface area contributed by atoms with E-state index < -0.39 is 10.0 Å². The number of nitrogens with zero attached hydrogens (tertiary/aromatic N) is 2. The van der Waals surface area contributed by atoms with Gasteiger partial charge in [-0.15, -0.1) is 0 Å². The van der Waals surface area contributed by atoms with Gasteiger partial charge in [0.05, 0.1) is 15.9 Å². The molecule has 1 aromatic heterocycles. The maximum absolute atomic E-state index is 12.4. The normalized spacial score (nSPS) is 12.1. The molecule has 0 saturated heterocycles. The van der Waals surface area contributed by atoms with Crippen LogP contribution < -0.4 is 10.4 Å². The van der Waals surface area contributed by atoms with Crippen molar-refractivity contribution in [3.8, 4) is 0 Å². The van der Waals surface area contributed by atoms with Gasteiger partial charge in [0.2, 0.25) is 10.0 Å². The molecule has 0 atom stereocenters. The maximum Gasteiger partial charge on any atom is 0.328 e. The first-order valence-corrected chi connectivity index (χ1v) is 9.59. The quantitative estimate of drug-likeness (QED) is 0.689. The average Bonchev–Trinajstić information content (AvgIpc) is 2.78. The number of benzene rings is 1. The molecule has 0 radical (unpaired) electrons. The molecule has 0 amide bonds. The lowest BCUT2D eigenvalue weighted by molar-refractivity contribution is 0.130. The molecule has 7 nitrogen and oxygen atoms in total. The Labute approximate surface area is 142 Å². The Bertz CT molecular complexity index is 852. The summed E-state index contributed by atoms with van der Waals surface area (Å²) in [6.45, 7) is 3.66. The minimum Gasteiger partial charge on any atom is -0.381 e. The number of sulfonamides is 1. The van der Waals surface area contributed by atoms with Crippen molar-refractivity contribution in [1.29, 1.82) is 0 Å². The predicted molar refractivity (Wildman–Crippen MR) is 93.7 cm³/mol. The van der Waals surface area contributed by atoms with Gasteiger partial charge in [0.1, 0.15) is 0 Å². The number of aromatic nitrogens is 2. The molecule has 0 unspecified atom stereocenters. The van der Waals surface area contributed by atoms with Gasteiger partial charge < -0.3 is 4.74 Å². The molecule has 134 valence electrons. The Hall–Kier alpha value is -1.64. The van der Waals surface area contributed by atoms with E-state index in [2.05, 4.69) is 11.6 Å². The van der Waals surface area contributed by atoms with E-state index in [9.17, 15) is 13.2 Å². The van der Waals surface area contributed by atoms with E-state index in [1.165, 1.54) is 21.3 Å². The Morgan fingerprint density at radius 2 is 1.75 bits per heavy atom. The number of imidazole rings is 1. The zero-order valence-corrected chi connectivity index (χ0v) is 15.2. The number of rotatable bonds is 9. The third-order valence-electron chi connectivity index (χ3n) is 3.95. The van der Waals surface area contributed by atoms with Crippen LogP contribution in [0.5, 0.6) is 0 Å². The number of unbranched alkanes of at least 4 members (excludes halogenated alkanes) is 1. The fourth-order valence-electron chi connectivity index (χ4n) is 2.47. The Morgan fingerprint density at radius 1 is 1.08 bits per heavy atom. The van der Waals surface area contributed by atoms with Crippen molar-refractivity contribution in [3.05, 3.63) is 28.7 Å². The standard InChI is InChI=1S/C16H25N3O4S/c1-4-5-10-23-11-6-9-17-24(21,22)13-7-8-14-15(12-13)19(3)16(20)18(14)2/h7-8,12,17H,4-6,9-11H2,1-3H3. The van der Waals surface area contributed by atoms with Gasteiger partial charge in [-0.3, -0.25) is 9.13 Å². The second kappa shape index (κ2) is 7.96. The first-order chi connectivity index (χ1) is 11.4. The SMILES string of the molecule is CCCCOCCCNS(=O)(=O)c1ccc2c(c1)n(C)c(=O)n2C. The molecule has 2 rings (SSSR count). The summed E-state index contributed by atoms with van der Waals surface area (Å²) < 4.78 is 35.6. The van der Waals surface area contributed by atoms with Crippen LogP contribution in [-0.4, -0.2) is 37.3 Å². The molecule has 2 aromatic rings. The molecule has 0 aliphatic rings. The number of aryl methyl sites for hydroxylation is 2. The average molecular weight is 355 g/mol. The van der Waals surface area contributed by atoms with Gasteiger partial charge in [-0.2, -0.15) is 0 Å². The van der Waals surface area contributed by atoms with Crippen molar-refractivity contribution >= 4 is 21.1 Å². The van der Waals surface area contributed by atoms with Crippen LogP contribution in [0.1, 0.15) is 26.2 Å². The molecule has 0 fully saturated rings. The summed E-state index contributed by atoms with van der Waals surface area (Å²) in [7, 11) is -0.310. The first-order valence-electron chi connectivity index (χ1n) is 8.11. The molecule has 0 aliphatic carbocycles. The first kappa shape index (κ1) is 18.7. The van der Waals surface area contributed by atoms with Gasteiger partial charge in [-0.25, -0.2) is 17.9 Å². The monoisotopic (exact) mass is 355 g/mol. The molecular weight excluding hydrogens is 330 g/mol.